The molecule has 0 N–H and O–H groups in total. The summed E-state index contributed by atoms with van der Waals surface area (Å²) in [5.74, 6) is 2.96. The molecule has 1 saturated carbocycles. The summed E-state index contributed by atoms with van der Waals surface area (Å²) in [5.41, 5.74) is 0. The molecule has 0 aromatic rings. The molecule has 18 heavy (non-hydrogen) atoms. The van der Waals surface area contributed by atoms with Crippen LogP contribution in [0, 0.1) is 17.8 Å². The second kappa shape index (κ2) is 7.99. The number of hydrogen-bond donors (Lipinski definition) is 0. The fourth-order valence-corrected chi connectivity index (χ4v) is 3.76. The molecular weight excluding hydrogens is 220 g/mol. The van der Waals surface area contributed by atoms with E-state index >= 15 is 0 Å². The lowest BCUT2D eigenvalue weighted by Crippen LogP contribution is -2.06. The molecule has 0 aromatic heterocycles. The van der Waals surface area contributed by atoms with Crippen LogP contribution in [0.4, 0.5) is 0 Å². The third kappa shape index (κ3) is 4.42. The molecule has 1 heteroatoms. The van der Waals surface area contributed by atoms with E-state index in [1.807, 2.05) is 0 Å². The summed E-state index contributed by atoms with van der Waals surface area (Å²) in [5, 5.41) is 0. The van der Waals surface area contributed by atoms with Crippen molar-refractivity contribution in [2.24, 2.45) is 17.8 Å². The third-order valence-corrected chi connectivity index (χ3v) is 4.84. The highest BCUT2D eigenvalue weighted by molar-refractivity contribution is 5.09. The van der Waals surface area contributed by atoms with Gasteiger partial charge in [-0.3, -0.25) is 0 Å². The Balaban J connectivity index is 1.37. The average molecular weight is 250 g/mol. The van der Waals surface area contributed by atoms with Crippen LogP contribution in [0.2, 0.25) is 0 Å². The van der Waals surface area contributed by atoms with Crippen molar-refractivity contribution >= 4 is 0 Å². The van der Waals surface area contributed by atoms with Gasteiger partial charge in [0.25, 0.3) is 0 Å². The predicted octanol–water partition coefficient (Wildman–Crippen LogP) is 4.97. The van der Waals surface area contributed by atoms with Crippen LogP contribution in [0.1, 0.15) is 64.2 Å². The molecule has 0 aliphatic heterocycles. The summed E-state index contributed by atoms with van der Waals surface area (Å²) in [6.45, 7) is 0.942. The summed E-state index contributed by atoms with van der Waals surface area (Å²) in [4.78, 5) is 0. The zero-order valence-corrected chi connectivity index (χ0v) is 12.1. The SMILES string of the molecule is COCCCCCCCCCC1CC2C=CC1C2. The van der Waals surface area contributed by atoms with Gasteiger partial charge in [-0.1, -0.05) is 50.7 Å². The topological polar surface area (TPSA) is 9.23 Å². The standard InChI is InChI=1S/C17H30O/c1-18-12-8-6-4-2-3-5-7-9-16-13-15-10-11-17(16)14-15/h10-11,15-17H,2-9,12-14H2,1H3. The van der Waals surface area contributed by atoms with E-state index in [-0.39, 0.29) is 0 Å². The maximum Gasteiger partial charge on any atom is 0.0462 e. The molecular formula is C17H30O. The van der Waals surface area contributed by atoms with E-state index in [1.54, 1.807) is 7.11 Å². The van der Waals surface area contributed by atoms with Crippen LogP contribution in [0.25, 0.3) is 0 Å². The van der Waals surface area contributed by atoms with Gasteiger partial charge in [-0.25, -0.2) is 0 Å². The van der Waals surface area contributed by atoms with Gasteiger partial charge in [0.05, 0.1) is 0 Å². The van der Waals surface area contributed by atoms with Crippen molar-refractivity contribution in [1.29, 1.82) is 0 Å². The zero-order chi connectivity index (χ0) is 12.6. The minimum atomic E-state index is 0.942. The lowest BCUT2D eigenvalue weighted by Gasteiger charge is -2.17. The molecule has 0 aromatic carbocycles. The molecule has 0 saturated heterocycles. The molecule has 3 unspecified atom stereocenters. The molecule has 2 aliphatic carbocycles. The Hall–Kier alpha value is -0.300. The highest BCUT2D eigenvalue weighted by Crippen LogP contribution is 2.45. The molecule has 0 spiro atoms. The van der Waals surface area contributed by atoms with Gasteiger partial charge in [0.15, 0.2) is 0 Å². The van der Waals surface area contributed by atoms with E-state index in [9.17, 15) is 0 Å². The normalized spacial score (nSPS) is 29.3. The number of fused-ring (bicyclic) bond motifs is 2. The molecule has 2 aliphatic rings. The average Bonchev–Trinajstić information content (AvgIpc) is 2.99. The van der Waals surface area contributed by atoms with Crippen LogP contribution in [-0.4, -0.2) is 13.7 Å². The van der Waals surface area contributed by atoms with Crippen LogP contribution in [0.5, 0.6) is 0 Å². The van der Waals surface area contributed by atoms with Crippen molar-refractivity contribution in [3.8, 4) is 0 Å². The number of unbranched alkanes of at least 4 members (excludes halogenated alkanes) is 6. The Labute approximate surface area is 113 Å². The first-order chi connectivity index (χ1) is 8.90. The van der Waals surface area contributed by atoms with Gasteiger partial charge < -0.3 is 4.74 Å². The van der Waals surface area contributed by atoms with Gasteiger partial charge >= 0.3 is 0 Å². The van der Waals surface area contributed by atoms with Crippen LogP contribution in [-0.2, 0) is 4.74 Å². The second-order valence-corrected chi connectivity index (χ2v) is 6.30. The van der Waals surface area contributed by atoms with Crippen LogP contribution < -0.4 is 0 Å². The van der Waals surface area contributed by atoms with Crippen molar-refractivity contribution in [3.05, 3.63) is 12.2 Å². The quantitative estimate of drug-likeness (QED) is 0.393. The number of ether oxygens (including phenoxy) is 1. The van der Waals surface area contributed by atoms with Gasteiger partial charge in [-0.05, 0) is 43.4 Å². The minimum absolute atomic E-state index is 0.942. The maximum atomic E-state index is 5.06. The second-order valence-electron chi connectivity index (χ2n) is 6.30. The van der Waals surface area contributed by atoms with Crippen LogP contribution in [0.15, 0.2) is 12.2 Å². The number of allylic oxidation sites excluding steroid dienone is 2. The van der Waals surface area contributed by atoms with Gasteiger partial charge in [0.2, 0.25) is 0 Å². The Morgan fingerprint density at radius 1 is 0.889 bits per heavy atom. The van der Waals surface area contributed by atoms with Gasteiger partial charge in [-0.15, -0.1) is 0 Å². The van der Waals surface area contributed by atoms with Crippen molar-refractivity contribution in [3.63, 3.8) is 0 Å². The Bertz CT molecular complexity index is 246. The summed E-state index contributed by atoms with van der Waals surface area (Å²) in [6, 6.07) is 0. The lowest BCUT2D eigenvalue weighted by molar-refractivity contribution is 0.192. The smallest absolute Gasteiger partial charge is 0.0462 e. The summed E-state index contributed by atoms with van der Waals surface area (Å²) >= 11 is 0. The lowest BCUT2D eigenvalue weighted by atomic mass is 9.88. The fraction of sp³-hybridized carbons (Fsp3) is 0.882. The summed E-state index contributed by atoms with van der Waals surface area (Å²) < 4.78 is 5.06. The first kappa shape index (κ1) is 14.1. The van der Waals surface area contributed by atoms with Crippen LogP contribution >= 0.6 is 0 Å². The molecule has 0 heterocycles. The molecule has 0 amide bonds. The Morgan fingerprint density at radius 3 is 2.22 bits per heavy atom. The first-order valence-electron chi connectivity index (χ1n) is 8.07. The number of methoxy groups -OCH3 is 1. The van der Waals surface area contributed by atoms with E-state index in [1.165, 1.54) is 64.2 Å². The van der Waals surface area contributed by atoms with E-state index in [2.05, 4.69) is 12.2 Å². The van der Waals surface area contributed by atoms with E-state index in [0.717, 1.165) is 24.4 Å². The predicted molar refractivity (Wildman–Crippen MR) is 77.7 cm³/mol. The maximum absolute atomic E-state index is 5.06. The van der Waals surface area contributed by atoms with Gasteiger partial charge in [0, 0.05) is 13.7 Å². The minimum Gasteiger partial charge on any atom is -0.385 e. The van der Waals surface area contributed by atoms with Gasteiger partial charge in [-0.2, -0.15) is 0 Å². The summed E-state index contributed by atoms with van der Waals surface area (Å²) in [7, 11) is 1.80. The molecule has 2 bridgehead atoms. The number of rotatable bonds is 10. The fourth-order valence-electron chi connectivity index (χ4n) is 3.76. The molecule has 1 fully saturated rings. The molecule has 2 rings (SSSR count). The summed E-state index contributed by atoms with van der Waals surface area (Å²) in [6.07, 6.45) is 19.2. The van der Waals surface area contributed by atoms with E-state index in [0.29, 0.717) is 0 Å². The Kier molecular flexibility index (Phi) is 6.26. The molecule has 0 radical (unpaired) electrons. The van der Waals surface area contributed by atoms with Gasteiger partial charge in [0.1, 0.15) is 0 Å². The number of hydrogen-bond acceptors (Lipinski definition) is 1. The largest absolute Gasteiger partial charge is 0.385 e. The molecule has 1 nitrogen and oxygen atoms in total. The molecule has 3 atom stereocenters. The van der Waals surface area contributed by atoms with Crippen molar-refractivity contribution in [2.45, 2.75) is 64.2 Å². The van der Waals surface area contributed by atoms with E-state index < -0.39 is 0 Å². The van der Waals surface area contributed by atoms with Crippen LogP contribution in [0.3, 0.4) is 0 Å². The zero-order valence-electron chi connectivity index (χ0n) is 12.1. The highest BCUT2D eigenvalue weighted by Gasteiger charge is 2.34. The van der Waals surface area contributed by atoms with E-state index in [4.69, 9.17) is 4.74 Å². The van der Waals surface area contributed by atoms with Crippen molar-refractivity contribution in [1.82, 2.24) is 0 Å². The third-order valence-electron chi connectivity index (χ3n) is 4.84. The molecule has 104 valence electrons. The van der Waals surface area contributed by atoms with Crippen molar-refractivity contribution in [2.75, 3.05) is 13.7 Å². The first-order valence-corrected chi connectivity index (χ1v) is 8.07. The Morgan fingerprint density at radius 2 is 1.61 bits per heavy atom. The van der Waals surface area contributed by atoms with Crippen molar-refractivity contribution < 1.29 is 4.74 Å². The monoisotopic (exact) mass is 250 g/mol. The highest BCUT2D eigenvalue weighted by atomic mass is 16.5.